The summed E-state index contributed by atoms with van der Waals surface area (Å²) in [6.07, 6.45) is 4.66. The molecule has 2 aromatic heterocycles. The number of aromatic carboxylic acids is 1. The van der Waals surface area contributed by atoms with Crippen molar-refractivity contribution in [1.82, 2.24) is 14.5 Å². The van der Waals surface area contributed by atoms with Crippen molar-refractivity contribution in [1.29, 1.82) is 0 Å². The highest BCUT2D eigenvalue weighted by atomic mass is 79.9. The Hall–Kier alpha value is -2.62. The summed E-state index contributed by atoms with van der Waals surface area (Å²) in [5, 5.41) is 19.8. The molecule has 2 aromatic rings. The van der Waals surface area contributed by atoms with Gasteiger partial charge in [-0.15, -0.1) is 0 Å². The molecule has 0 aromatic carbocycles. The Morgan fingerprint density at radius 3 is 2.81 bits per heavy atom. The normalized spacial score (nSPS) is 10.3. The van der Waals surface area contributed by atoms with Gasteiger partial charge in [-0.1, -0.05) is 0 Å². The summed E-state index contributed by atoms with van der Waals surface area (Å²) in [4.78, 5) is 40.1. The number of rotatable bonds is 4. The lowest BCUT2D eigenvalue weighted by atomic mass is 10.2. The standard InChI is InChI=1S/C11H7BrN4O5/c12-7-2-15(4-9(10(7)17)16(20)21)3-8-6(11(18)19)1-13-5-14-8/h1-2,4-5H,3H2,(H,18,19). The van der Waals surface area contributed by atoms with Crippen LogP contribution in [0.2, 0.25) is 0 Å². The van der Waals surface area contributed by atoms with Crippen molar-refractivity contribution >= 4 is 27.6 Å². The first-order valence-electron chi connectivity index (χ1n) is 5.46. The molecule has 0 amide bonds. The van der Waals surface area contributed by atoms with E-state index >= 15 is 0 Å². The first-order chi connectivity index (χ1) is 9.90. The molecule has 0 aliphatic carbocycles. The van der Waals surface area contributed by atoms with E-state index in [-0.39, 0.29) is 22.3 Å². The number of pyridine rings is 1. The third-order valence-corrected chi connectivity index (χ3v) is 3.14. The van der Waals surface area contributed by atoms with Crippen molar-refractivity contribution in [2.24, 2.45) is 0 Å². The lowest BCUT2D eigenvalue weighted by Gasteiger charge is -2.08. The molecule has 1 N–H and O–H groups in total. The van der Waals surface area contributed by atoms with E-state index in [0.29, 0.717) is 0 Å². The zero-order valence-electron chi connectivity index (χ0n) is 10.3. The lowest BCUT2D eigenvalue weighted by molar-refractivity contribution is -0.386. The van der Waals surface area contributed by atoms with Crippen LogP contribution in [-0.2, 0) is 6.54 Å². The van der Waals surface area contributed by atoms with E-state index in [1.165, 1.54) is 17.1 Å². The third kappa shape index (κ3) is 3.11. The molecule has 0 aliphatic rings. The Kier molecular flexibility index (Phi) is 4.08. The minimum Gasteiger partial charge on any atom is -0.478 e. The molecular weight excluding hydrogens is 348 g/mol. The second kappa shape index (κ2) is 5.79. The molecule has 0 spiro atoms. The van der Waals surface area contributed by atoms with Gasteiger partial charge in [0.05, 0.1) is 27.8 Å². The van der Waals surface area contributed by atoms with Gasteiger partial charge in [-0.2, -0.15) is 0 Å². The van der Waals surface area contributed by atoms with Gasteiger partial charge in [-0.3, -0.25) is 14.9 Å². The topological polar surface area (TPSA) is 128 Å². The fourth-order valence-corrected chi connectivity index (χ4v) is 2.10. The van der Waals surface area contributed by atoms with Gasteiger partial charge in [0.15, 0.2) is 0 Å². The molecule has 2 rings (SSSR count). The number of carbonyl (C=O) groups is 1. The molecule has 0 aliphatic heterocycles. The average molecular weight is 355 g/mol. The van der Waals surface area contributed by atoms with Gasteiger partial charge >= 0.3 is 11.7 Å². The van der Waals surface area contributed by atoms with Crippen molar-refractivity contribution in [3.05, 3.63) is 61.0 Å². The smallest absolute Gasteiger partial charge is 0.339 e. The van der Waals surface area contributed by atoms with E-state index in [1.54, 1.807) is 0 Å². The zero-order chi connectivity index (χ0) is 15.6. The highest BCUT2D eigenvalue weighted by Crippen LogP contribution is 2.13. The second-order valence-corrected chi connectivity index (χ2v) is 4.79. The van der Waals surface area contributed by atoms with Gasteiger partial charge in [-0.05, 0) is 15.9 Å². The first kappa shape index (κ1) is 14.8. The van der Waals surface area contributed by atoms with Crippen molar-refractivity contribution in [3.63, 3.8) is 0 Å². The summed E-state index contributed by atoms with van der Waals surface area (Å²) >= 11 is 2.94. The van der Waals surface area contributed by atoms with E-state index in [0.717, 1.165) is 12.4 Å². The van der Waals surface area contributed by atoms with Gasteiger partial charge in [0.1, 0.15) is 11.9 Å². The summed E-state index contributed by atoms with van der Waals surface area (Å²) in [7, 11) is 0. The van der Waals surface area contributed by atoms with Crippen LogP contribution in [0.4, 0.5) is 5.69 Å². The molecule has 10 heteroatoms. The summed E-state index contributed by atoms with van der Waals surface area (Å²) in [5.74, 6) is -1.21. The molecule has 0 atom stereocenters. The van der Waals surface area contributed by atoms with Gasteiger partial charge in [-0.25, -0.2) is 14.8 Å². The summed E-state index contributed by atoms with van der Waals surface area (Å²) in [6.45, 7) is -0.0517. The van der Waals surface area contributed by atoms with Crippen LogP contribution in [-0.4, -0.2) is 30.5 Å². The van der Waals surface area contributed by atoms with Crippen LogP contribution in [0.3, 0.4) is 0 Å². The lowest BCUT2D eigenvalue weighted by Crippen LogP contribution is -2.15. The van der Waals surface area contributed by atoms with Crippen LogP contribution in [0, 0.1) is 10.1 Å². The number of nitrogens with zero attached hydrogens (tertiary/aromatic N) is 4. The zero-order valence-corrected chi connectivity index (χ0v) is 11.8. The summed E-state index contributed by atoms with van der Waals surface area (Å²) in [6, 6.07) is 0. The minimum atomic E-state index is -1.21. The Morgan fingerprint density at radius 1 is 1.48 bits per heavy atom. The minimum absolute atomic E-state index is 0.00244. The molecule has 2 heterocycles. The highest BCUT2D eigenvalue weighted by molar-refractivity contribution is 9.10. The number of carboxylic acid groups (broad SMARTS) is 1. The maximum Gasteiger partial charge on any atom is 0.339 e. The van der Waals surface area contributed by atoms with Crippen LogP contribution in [0.15, 0.2) is 34.2 Å². The van der Waals surface area contributed by atoms with E-state index in [1.807, 2.05) is 0 Å². The number of aromatic nitrogens is 3. The maximum absolute atomic E-state index is 11.6. The molecule has 0 unspecified atom stereocenters. The van der Waals surface area contributed by atoms with Crippen LogP contribution < -0.4 is 5.43 Å². The Labute approximate surface area is 125 Å². The second-order valence-electron chi connectivity index (χ2n) is 3.94. The van der Waals surface area contributed by atoms with E-state index in [2.05, 4.69) is 25.9 Å². The van der Waals surface area contributed by atoms with Gasteiger partial charge in [0.2, 0.25) is 0 Å². The molecule has 0 radical (unpaired) electrons. The monoisotopic (exact) mass is 354 g/mol. The maximum atomic E-state index is 11.6. The van der Waals surface area contributed by atoms with Crippen molar-refractivity contribution in [2.75, 3.05) is 0 Å². The Balaban J connectivity index is 2.48. The molecule has 0 fully saturated rings. The van der Waals surface area contributed by atoms with Crippen molar-refractivity contribution in [2.45, 2.75) is 6.54 Å². The quantitative estimate of drug-likeness (QED) is 0.641. The molecule has 21 heavy (non-hydrogen) atoms. The van der Waals surface area contributed by atoms with Crippen LogP contribution in [0.1, 0.15) is 16.1 Å². The van der Waals surface area contributed by atoms with Crippen LogP contribution in [0.5, 0.6) is 0 Å². The molecular formula is C11H7BrN4O5. The Morgan fingerprint density at radius 2 is 2.19 bits per heavy atom. The molecule has 0 saturated carbocycles. The predicted octanol–water partition coefficient (Wildman–Crippen LogP) is 1.06. The highest BCUT2D eigenvalue weighted by Gasteiger charge is 2.17. The molecule has 0 bridgehead atoms. The summed E-state index contributed by atoms with van der Waals surface area (Å²) in [5.41, 5.74) is -1.31. The van der Waals surface area contributed by atoms with Crippen molar-refractivity contribution in [3.8, 4) is 0 Å². The SMILES string of the molecule is O=C(O)c1cncnc1Cn1cc(Br)c(=O)c([N+](=O)[O-])c1. The number of carboxylic acids is 1. The molecule has 108 valence electrons. The molecule has 9 nitrogen and oxygen atoms in total. The fourth-order valence-electron chi connectivity index (χ4n) is 1.63. The fraction of sp³-hybridized carbons (Fsp3) is 0.0909. The first-order valence-corrected chi connectivity index (χ1v) is 6.25. The van der Waals surface area contributed by atoms with E-state index in [9.17, 15) is 19.7 Å². The van der Waals surface area contributed by atoms with E-state index in [4.69, 9.17) is 5.11 Å². The number of hydrogen-bond acceptors (Lipinski definition) is 6. The third-order valence-electron chi connectivity index (χ3n) is 2.57. The van der Waals surface area contributed by atoms with Gasteiger partial charge in [0.25, 0.3) is 5.43 Å². The summed E-state index contributed by atoms with van der Waals surface area (Å²) < 4.78 is 1.31. The van der Waals surface area contributed by atoms with Crippen LogP contribution in [0.25, 0.3) is 0 Å². The molecule has 0 saturated heterocycles. The Bertz CT molecular complexity index is 788. The average Bonchev–Trinajstić information content (AvgIpc) is 2.42. The van der Waals surface area contributed by atoms with Gasteiger partial charge in [0, 0.05) is 12.4 Å². The van der Waals surface area contributed by atoms with Crippen LogP contribution >= 0.6 is 15.9 Å². The number of halogens is 1. The van der Waals surface area contributed by atoms with Crippen molar-refractivity contribution < 1.29 is 14.8 Å². The number of hydrogen-bond donors (Lipinski definition) is 1. The number of nitro groups is 1. The van der Waals surface area contributed by atoms with E-state index < -0.39 is 22.0 Å². The predicted molar refractivity (Wildman–Crippen MR) is 73.1 cm³/mol. The largest absolute Gasteiger partial charge is 0.478 e. The van der Waals surface area contributed by atoms with Gasteiger partial charge < -0.3 is 9.67 Å².